The van der Waals surface area contributed by atoms with Gasteiger partial charge in [-0.2, -0.15) is 5.26 Å². The smallest absolute Gasteiger partial charge is 0.129 e. The maximum atomic E-state index is 9.26. The van der Waals surface area contributed by atoms with Crippen LogP contribution in [-0.4, -0.2) is 4.98 Å². The lowest BCUT2D eigenvalue weighted by atomic mass is 10.0. The van der Waals surface area contributed by atoms with Crippen LogP contribution in [0, 0.1) is 11.3 Å². The van der Waals surface area contributed by atoms with Crippen molar-refractivity contribution in [3.8, 4) is 27.6 Å². The van der Waals surface area contributed by atoms with Crippen LogP contribution < -0.4 is 5.73 Å². The van der Waals surface area contributed by atoms with Crippen molar-refractivity contribution in [1.29, 1.82) is 5.26 Å². The Morgan fingerprint density at radius 3 is 2.57 bits per heavy atom. The van der Waals surface area contributed by atoms with Gasteiger partial charge in [-0.05, 0) is 35.4 Å². The number of hydrogen-bond donors (Lipinski definition) is 1. The molecule has 0 aliphatic heterocycles. The summed E-state index contributed by atoms with van der Waals surface area (Å²) in [6.45, 7) is 0. The Balaban J connectivity index is 2.29. The molecule has 0 spiro atoms. The third-order valence-electron chi connectivity index (χ3n) is 3.10. The van der Waals surface area contributed by atoms with Crippen LogP contribution in [0.3, 0.4) is 0 Å². The Morgan fingerprint density at radius 2 is 1.90 bits per heavy atom. The van der Waals surface area contributed by atoms with Crippen molar-refractivity contribution in [3.05, 3.63) is 58.1 Å². The molecule has 5 heteroatoms. The van der Waals surface area contributed by atoms with Gasteiger partial charge in [0.25, 0.3) is 0 Å². The quantitative estimate of drug-likeness (QED) is 0.724. The van der Waals surface area contributed by atoms with E-state index in [0.717, 1.165) is 26.0 Å². The molecule has 102 valence electrons. The topological polar surface area (TPSA) is 62.7 Å². The summed E-state index contributed by atoms with van der Waals surface area (Å²) in [6, 6.07) is 14.0. The maximum absolute atomic E-state index is 9.26. The van der Waals surface area contributed by atoms with Gasteiger partial charge >= 0.3 is 0 Å². The van der Waals surface area contributed by atoms with Gasteiger partial charge in [0.1, 0.15) is 10.9 Å². The van der Waals surface area contributed by atoms with Crippen LogP contribution in [0.4, 0.5) is 5.69 Å². The van der Waals surface area contributed by atoms with E-state index in [2.05, 4.69) is 27.0 Å². The molecule has 3 nitrogen and oxygen atoms in total. The predicted octanol–water partition coefficient (Wildman–Crippen LogP) is 4.69. The van der Waals surface area contributed by atoms with Crippen LogP contribution in [0.5, 0.6) is 0 Å². The van der Waals surface area contributed by atoms with E-state index in [4.69, 9.17) is 5.73 Å². The molecule has 0 fully saturated rings. The summed E-state index contributed by atoms with van der Waals surface area (Å²) in [7, 11) is 0. The second-order valence-corrected chi connectivity index (χ2v) is 6.34. The minimum atomic E-state index is 0.531. The Kier molecular flexibility index (Phi) is 3.74. The fourth-order valence-corrected chi connectivity index (χ4v) is 3.60. The molecule has 1 aromatic carbocycles. The molecule has 0 radical (unpaired) electrons. The molecule has 0 saturated carbocycles. The Labute approximate surface area is 134 Å². The van der Waals surface area contributed by atoms with Crippen molar-refractivity contribution in [2.75, 3.05) is 5.73 Å². The van der Waals surface area contributed by atoms with Crippen LogP contribution in [0.25, 0.3) is 21.6 Å². The highest BCUT2D eigenvalue weighted by molar-refractivity contribution is 9.10. The van der Waals surface area contributed by atoms with Crippen molar-refractivity contribution in [2.24, 2.45) is 0 Å². The Hall–Kier alpha value is -2.16. The number of thiophene rings is 1. The molecule has 0 bridgehead atoms. The first-order valence-corrected chi connectivity index (χ1v) is 7.80. The molecule has 2 heterocycles. The highest BCUT2D eigenvalue weighted by atomic mass is 79.9. The van der Waals surface area contributed by atoms with Gasteiger partial charge in [-0.1, -0.05) is 28.1 Å². The zero-order valence-electron chi connectivity index (χ0n) is 10.9. The molecule has 3 rings (SSSR count). The first-order chi connectivity index (χ1) is 10.2. The number of anilines is 1. The fraction of sp³-hybridized carbons (Fsp3) is 0. The van der Waals surface area contributed by atoms with Crippen molar-refractivity contribution in [2.45, 2.75) is 0 Å². The number of nitrogens with zero attached hydrogens (tertiary/aromatic N) is 2. The van der Waals surface area contributed by atoms with Gasteiger partial charge in [-0.25, -0.2) is 0 Å². The third kappa shape index (κ3) is 2.56. The molecule has 2 aromatic heterocycles. The van der Waals surface area contributed by atoms with Crippen molar-refractivity contribution < 1.29 is 0 Å². The Morgan fingerprint density at radius 1 is 1.14 bits per heavy atom. The number of pyridine rings is 1. The SMILES string of the molecule is N#Cc1sc(-c2cccc(Br)c2)c(-c2ccncc2)c1N. The van der Waals surface area contributed by atoms with E-state index < -0.39 is 0 Å². The van der Waals surface area contributed by atoms with Crippen molar-refractivity contribution in [1.82, 2.24) is 4.98 Å². The first kappa shape index (κ1) is 13.8. The van der Waals surface area contributed by atoms with Gasteiger partial charge in [-0.3, -0.25) is 4.98 Å². The van der Waals surface area contributed by atoms with E-state index in [0.29, 0.717) is 10.6 Å². The van der Waals surface area contributed by atoms with E-state index in [1.165, 1.54) is 11.3 Å². The zero-order chi connectivity index (χ0) is 14.8. The number of benzene rings is 1. The highest BCUT2D eigenvalue weighted by Gasteiger charge is 2.18. The largest absolute Gasteiger partial charge is 0.396 e. The highest BCUT2D eigenvalue weighted by Crippen LogP contribution is 2.44. The van der Waals surface area contributed by atoms with Crippen LogP contribution in [0.2, 0.25) is 0 Å². The van der Waals surface area contributed by atoms with Crippen LogP contribution in [0.1, 0.15) is 4.88 Å². The molecule has 21 heavy (non-hydrogen) atoms. The van der Waals surface area contributed by atoms with Crippen molar-refractivity contribution >= 4 is 33.0 Å². The normalized spacial score (nSPS) is 10.3. The minimum Gasteiger partial charge on any atom is -0.396 e. The summed E-state index contributed by atoms with van der Waals surface area (Å²) in [5.41, 5.74) is 9.61. The zero-order valence-corrected chi connectivity index (χ0v) is 13.3. The van der Waals surface area contributed by atoms with Gasteiger partial charge in [0, 0.05) is 27.3 Å². The molecule has 0 aliphatic carbocycles. The first-order valence-electron chi connectivity index (χ1n) is 6.19. The molecule has 0 amide bonds. The maximum Gasteiger partial charge on any atom is 0.129 e. The van der Waals surface area contributed by atoms with Crippen molar-refractivity contribution in [3.63, 3.8) is 0 Å². The van der Waals surface area contributed by atoms with Gasteiger partial charge in [0.05, 0.1) is 5.69 Å². The number of aromatic nitrogens is 1. The molecule has 0 unspecified atom stereocenters. The summed E-state index contributed by atoms with van der Waals surface area (Å²) in [4.78, 5) is 5.57. The number of halogens is 1. The lowest BCUT2D eigenvalue weighted by Gasteiger charge is -2.06. The average Bonchev–Trinajstić information content (AvgIpc) is 2.85. The van der Waals surface area contributed by atoms with Gasteiger partial charge < -0.3 is 5.73 Å². The molecule has 0 aliphatic rings. The molecule has 0 atom stereocenters. The number of nitriles is 1. The van der Waals surface area contributed by atoms with Crippen LogP contribution >= 0.6 is 27.3 Å². The lowest BCUT2D eigenvalue weighted by molar-refractivity contribution is 1.33. The average molecular weight is 356 g/mol. The van der Waals surface area contributed by atoms with E-state index in [9.17, 15) is 5.26 Å². The van der Waals surface area contributed by atoms with E-state index in [1.807, 2.05) is 36.4 Å². The van der Waals surface area contributed by atoms with E-state index in [1.54, 1.807) is 12.4 Å². The second-order valence-electron chi connectivity index (χ2n) is 4.41. The van der Waals surface area contributed by atoms with E-state index >= 15 is 0 Å². The Bertz CT molecular complexity index is 834. The van der Waals surface area contributed by atoms with Gasteiger partial charge in [0.15, 0.2) is 0 Å². The van der Waals surface area contributed by atoms with Gasteiger partial charge in [0.2, 0.25) is 0 Å². The van der Waals surface area contributed by atoms with E-state index in [-0.39, 0.29) is 0 Å². The molecule has 0 saturated heterocycles. The fourth-order valence-electron chi connectivity index (χ4n) is 2.17. The standard InChI is InChI=1S/C16H10BrN3S/c17-12-3-1-2-11(8-12)16-14(10-4-6-20-7-5-10)15(19)13(9-18)21-16/h1-8H,19H2. The lowest BCUT2D eigenvalue weighted by Crippen LogP contribution is -1.89. The number of nitrogen functional groups attached to an aromatic ring is 1. The summed E-state index contributed by atoms with van der Waals surface area (Å²) in [5.74, 6) is 0. The van der Waals surface area contributed by atoms with Crippen LogP contribution in [0.15, 0.2) is 53.3 Å². The summed E-state index contributed by atoms with van der Waals surface area (Å²) < 4.78 is 0.992. The third-order valence-corrected chi connectivity index (χ3v) is 4.76. The summed E-state index contributed by atoms with van der Waals surface area (Å²) in [6.07, 6.45) is 3.45. The summed E-state index contributed by atoms with van der Waals surface area (Å²) in [5, 5.41) is 9.26. The molecular weight excluding hydrogens is 346 g/mol. The monoisotopic (exact) mass is 355 g/mol. The second kappa shape index (κ2) is 5.68. The number of nitrogens with two attached hydrogens (primary N) is 1. The molecular formula is C16H10BrN3S. The minimum absolute atomic E-state index is 0.531. The van der Waals surface area contributed by atoms with Gasteiger partial charge in [-0.15, -0.1) is 11.3 Å². The number of rotatable bonds is 2. The number of hydrogen-bond acceptors (Lipinski definition) is 4. The predicted molar refractivity (Wildman–Crippen MR) is 89.8 cm³/mol. The van der Waals surface area contributed by atoms with Crippen LogP contribution in [-0.2, 0) is 0 Å². The molecule has 2 N–H and O–H groups in total. The molecule has 3 aromatic rings. The summed E-state index contributed by atoms with van der Waals surface area (Å²) >= 11 is 4.90.